The molecule has 1 heterocycles. The Bertz CT molecular complexity index is 1000. The third-order valence-corrected chi connectivity index (χ3v) is 6.49. The van der Waals surface area contributed by atoms with Crippen molar-refractivity contribution in [1.29, 1.82) is 0 Å². The maximum atomic E-state index is 12.9. The van der Waals surface area contributed by atoms with E-state index in [-0.39, 0.29) is 27.0 Å². The highest BCUT2D eigenvalue weighted by atomic mass is 35.5. The van der Waals surface area contributed by atoms with Crippen LogP contribution in [-0.2, 0) is 10.0 Å². The Labute approximate surface area is 165 Å². The van der Waals surface area contributed by atoms with Crippen LogP contribution in [0.4, 0.5) is 17.1 Å². The smallest absolute Gasteiger partial charge is 0.270 e. The molecular formula is C16H15ClN4O4S2. The van der Waals surface area contributed by atoms with Crippen molar-refractivity contribution in [2.75, 3.05) is 21.7 Å². The van der Waals surface area contributed by atoms with E-state index in [2.05, 4.69) is 15.2 Å². The average molecular weight is 427 g/mol. The van der Waals surface area contributed by atoms with Crippen LogP contribution in [0.5, 0.6) is 0 Å². The quantitative estimate of drug-likeness (QED) is 0.534. The van der Waals surface area contributed by atoms with Gasteiger partial charge in [-0.3, -0.25) is 20.3 Å². The number of nitrogens with zero attached hydrogens (tertiary/aromatic N) is 2. The predicted octanol–water partition coefficient (Wildman–Crippen LogP) is 3.95. The minimum absolute atomic E-state index is 0.143. The molecule has 27 heavy (non-hydrogen) atoms. The van der Waals surface area contributed by atoms with Crippen molar-refractivity contribution in [2.45, 2.75) is 11.3 Å². The van der Waals surface area contributed by atoms with E-state index in [1.807, 2.05) is 0 Å². The van der Waals surface area contributed by atoms with Crippen LogP contribution in [0.2, 0.25) is 5.02 Å². The number of hydrogen-bond acceptors (Lipinski definition) is 7. The molecule has 0 radical (unpaired) electrons. The number of rotatable bonds is 6. The lowest BCUT2D eigenvalue weighted by Crippen LogP contribution is -2.15. The zero-order valence-corrected chi connectivity index (χ0v) is 16.3. The topological polar surface area (TPSA) is 114 Å². The van der Waals surface area contributed by atoms with Crippen molar-refractivity contribution in [3.8, 4) is 0 Å². The molecule has 0 amide bonds. The van der Waals surface area contributed by atoms with Crippen molar-refractivity contribution < 1.29 is 13.3 Å². The van der Waals surface area contributed by atoms with Gasteiger partial charge in [0.2, 0.25) is 0 Å². The summed E-state index contributed by atoms with van der Waals surface area (Å²) in [5, 5.41) is 15.5. The number of para-hydroxylation sites is 1. The monoisotopic (exact) mass is 426 g/mol. The molecule has 0 unspecified atom stereocenters. The van der Waals surface area contributed by atoms with E-state index in [0.717, 1.165) is 29.7 Å². The SMILES string of the molecule is O=[N+]([O-])c1ccc(N/N=C2\CCSC2)c(S(=O)(=O)Nc2ccccc2Cl)c1. The van der Waals surface area contributed by atoms with Crippen LogP contribution in [0, 0.1) is 10.1 Å². The summed E-state index contributed by atoms with van der Waals surface area (Å²) in [5.41, 5.74) is 3.61. The van der Waals surface area contributed by atoms with Gasteiger partial charge in [0.25, 0.3) is 15.7 Å². The summed E-state index contributed by atoms with van der Waals surface area (Å²) in [6.45, 7) is 0. The predicted molar refractivity (Wildman–Crippen MR) is 108 cm³/mol. The lowest BCUT2D eigenvalue weighted by Gasteiger charge is -2.13. The molecule has 0 bridgehead atoms. The third-order valence-electron chi connectivity index (χ3n) is 3.72. The van der Waals surface area contributed by atoms with E-state index >= 15 is 0 Å². The van der Waals surface area contributed by atoms with Crippen LogP contribution in [-0.4, -0.2) is 30.6 Å². The lowest BCUT2D eigenvalue weighted by atomic mass is 10.3. The van der Waals surface area contributed by atoms with Gasteiger partial charge < -0.3 is 0 Å². The minimum atomic E-state index is -4.14. The third kappa shape index (κ3) is 4.71. The van der Waals surface area contributed by atoms with Gasteiger partial charge in [0.05, 0.1) is 21.3 Å². The highest BCUT2D eigenvalue weighted by Gasteiger charge is 2.23. The molecule has 2 N–H and O–H groups in total. The second-order valence-electron chi connectivity index (χ2n) is 5.62. The van der Waals surface area contributed by atoms with Gasteiger partial charge in [-0.1, -0.05) is 23.7 Å². The largest absolute Gasteiger partial charge is 0.278 e. The van der Waals surface area contributed by atoms with Crippen LogP contribution in [0.15, 0.2) is 52.5 Å². The molecule has 0 spiro atoms. The number of benzene rings is 2. The summed E-state index contributed by atoms with van der Waals surface area (Å²) < 4.78 is 28.1. The molecule has 1 fully saturated rings. The number of hydrazone groups is 1. The van der Waals surface area contributed by atoms with Gasteiger partial charge in [-0.25, -0.2) is 8.42 Å². The molecule has 2 aromatic rings. The fourth-order valence-electron chi connectivity index (χ4n) is 2.36. The van der Waals surface area contributed by atoms with E-state index < -0.39 is 14.9 Å². The Balaban J connectivity index is 1.99. The number of nitro groups is 1. The van der Waals surface area contributed by atoms with Crippen molar-refractivity contribution in [2.24, 2.45) is 5.10 Å². The summed E-state index contributed by atoms with van der Waals surface area (Å²) in [6, 6.07) is 9.86. The summed E-state index contributed by atoms with van der Waals surface area (Å²) >= 11 is 7.74. The Morgan fingerprint density at radius 3 is 2.63 bits per heavy atom. The Morgan fingerprint density at radius 1 is 1.19 bits per heavy atom. The molecular weight excluding hydrogens is 412 g/mol. The van der Waals surface area contributed by atoms with E-state index in [1.54, 1.807) is 23.9 Å². The summed E-state index contributed by atoms with van der Waals surface area (Å²) in [4.78, 5) is 10.1. The van der Waals surface area contributed by atoms with Crippen molar-refractivity contribution in [3.63, 3.8) is 0 Å². The maximum absolute atomic E-state index is 12.9. The Hall–Kier alpha value is -2.30. The molecule has 0 atom stereocenters. The first kappa shape index (κ1) is 19.5. The van der Waals surface area contributed by atoms with Gasteiger partial charge in [-0.2, -0.15) is 16.9 Å². The van der Waals surface area contributed by atoms with E-state index in [9.17, 15) is 18.5 Å². The molecule has 1 aliphatic rings. The number of sulfonamides is 1. The summed E-state index contributed by atoms with van der Waals surface area (Å²) in [5.74, 6) is 1.72. The Morgan fingerprint density at radius 2 is 1.96 bits per heavy atom. The molecule has 8 nitrogen and oxygen atoms in total. The van der Waals surface area contributed by atoms with Gasteiger partial charge in [0, 0.05) is 23.6 Å². The second kappa shape index (κ2) is 8.15. The first-order valence-corrected chi connectivity index (χ1v) is 10.8. The van der Waals surface area contributed by atoms with Gasteiger partial charge in [0.1, 0.15) is 4.90 Å². The van der Waals surface area contributed by atoms with Gasteiger partial charge >= 0.3 is 0 Å². The molecule has 142 valence electrons. The highest BCUT2D eigenvalue weighted by molar-refractivity contribution is 8.00. The van der Waals surface area contributed by atoms with E-state index in [4.69, 9.17) is 11.6 Å². The van der Waals surface area contributed by atoms with Gasteiger partial charge in [-0.15, -0.1) is 0 Å². The fourth-order valence-corrected chi connectivity index (χ4v) is 4.83. The van der Waals surface area contributed by atoms with E-state index in [0.29, 0.717) is 0 Å². The van der Waals surface area contributed by atoms with Crippen LogP contribution in [0.3, 0.4) is 0 Å². The van der Waals surface area contributed by atoms with Crippen LogP contribution in [0.1, 0.15) is 6.42 Å². The first-order valence-electron chi connectivity index (χ1n) is 7.82. The summed E-state index contributed by atoms with van der Waals surface area (Å²) in [6.07, 6.45) is 0.810. The molecule has 3 rings (SSSR count). The number of thioether (sulfide) groups is 1. The molecule has 0 saturated carbocycles. The summed E-state index contributed by atoms with van der Waals surface area (Å²) in [7, 11) is -4.14. The van der Waals surface area contributed by atoms with Crippen molar-refractivity contribution >= 4 is 56.2 Å². The zero-order valence-electron chi connectivity index (χ0n) is 13.9. The van der Waals surface area contributed by atoms with Crippen molar-refractivity contribution in [1.82, 2.24) is 0 Å². The number of anilines is 2. The number of nitrogens with one attached hydrogen (secondary N) is 2. The van der Waals surface area contributed by atoms with Crippen LogP contribution >= 0.6 is 23.4 Å². The lowest BCUT2D eigenvalue weighted by molar-refractivity contribution is -0.385. The van der Waals surface area contributed by atoms with Crippen LogP contribution in [0.25, 0.3) is 0 Å². The zero-order chi connectivity index (χ0) is 19.4. The van der Waals surface area contributed by atoms with Crippen molar-refractivity contribution in [3.05, 3.63) is 57.6 Å². The fraction of sp³-hybridized carbons (Fsp3) is 0.188. The standard InChI is InChI=1S/C16H15ClN4O4S2/c17-13-3-1-2-4-14(13)20-27(24,25)16-9-12(21(22)23)5-6-15(16)19-18-11-7-8-26-10-11/h1-6,9,19-20H,7-8,10H2/b18-11+. The minimum Gasteiger partial charge on any atom is -0.278 e. The molecule has 2 aromatic carbocycles. The van der Waals surface area contributed by atoms with E-state index in [1.165, 1.54) is 24.3 Å². The van der Waals surface area contributed by atoms with Gasteiger partial charge in [0.15, 0.2) is 0 Å². The molecule has 1 saturated heterocycles. The van der Waals surface area contributed by atoms with Crippen LogP contribution < -0.4 is 10.1 Å². The number of nitro benzene ring substituents is 1. The second-order valence-corrected chi connectivity index (χ2v) is 8.78. The first-order chi connectivity index (χ1) is 12.9. The molecule has 0 aromatic heterocycles. The highest BCUT2D eigenvalue weighted by Crippen LogP contribution is 2.30. The molecule has 0 aliphatic carbocycles. The molecule has 1 aliphatic heterocycles. The Kier molecular flexibility index (Phi) is 5.88. The number of halogens is 1. The number of non-ortho nitro benzene ring substituents is 1. The van der Waals surface area contributed by atoms with Gasteiger partial charge in [-0.05, 0) is 30.4 Å². The normalized spacial score (nSPS) is 15.7. The molecule has 11 heteroatoms. The number of hydrogen-bond donors (Lipinski definition) is 2. The maximum Gasteiger partial charge on any atom is 0.270 e. The average Bonchev–Trinajstić information content (AvgIpc) is 3.15.